The minimum Gasteiger partial charge on any atom is -0.465 e. The van der Waals surface area contributed by atoms with Gasteiger partial charge in [0.25, 0.3) is 5.91 Å². The van der Waals surface area contributed by atoms with Gasteiger partial charge in [-0.15, -0.1) is 0 Å². The fraction of sp³-hybridized carbons (Fsp3) is 0.0667. The summed E-state index contributed by atoms with van der Waals surface area (Å²) in [5.74, 6) is -0.683. The number of nitrogens with zero attached hydrogens (tertiary/aromatic N) is 1. The average molecular weight is 299 g/mol. The lowest BCUT2D eigenvalue weighted by Crippen LogP contribution is -2.27. The van der Waals surface area contributed by atoms with Crippen LogP contribution in [0.15, 0.2) is 48.8 Å². The fourth-order valence-corrected chi connectivity index (χ4v) is 1.70. The smallest absolute Gasteiger partial charge is 0.405 e. The summed E-state index contributed by atoms with van der Waals surface area (Å²) in [5, 5.41) is 13.1. The van der Waals surface area contributed by atoms with Crippen molar-refractivity contribution in [1.29, 1.82) is 0 Å². The number of nitrogens with one attached hydrogen (secondary N) is 2. The molecule has 2 rings (SSSR count). The van der Waals surface area contributed by atoms with Gasteiger partial charge in [-0.05, 0) is 24.3 Å². The van der Waals surface area contributed by atoms with Crippen LogP contribution in [0.5, 0.6) is 0 Å². The highest BCUT2D eigenvalue weighted by molar-refractivity contribution is 6.05. The van der Waals surface area contributed by atoms with E-state index in [1.54, 1.807) is 24.5 Å². The molecule has 0 saturated carbocycles. The number of hydrogen-bond acceptors (Lipinski definition) is 4. The Labute approximate surface area is 126 Å². The van der Waals surface area contributed by atoms with E-state index in [9.17, 15) is 14.4 Å². The quantitative estimate of drug-likeness (QED) is 0.729. The molecular formula is C15H13N3O4. The van der Waals surface area contributed by atoms with Gasteiger partial charge >= 0.3 is 6.09 Å². The van der Waals surface area contributed by atoms with Crippen molar-refractivity contribution in [3.63, 3.8) is 0 Å². The van der Waals surface area contributed by atoms with Gasteiger partial charge in [0.15, 0.2) is 5.78 Å². The summed E-state index contributed by atoms with van der Waals surface area (Å²) < 4.78 is 0. The Bertz CT molecular complexity index is 684. The zero-order chi connectivity index (χ0) is 15.9. The molecule has 1 aromatic heterocycles. The molecule has 0 radical (unpaired) electrons. The third-order valence-electron chi connectivity index (χ3n) is 2.81. The molecule has 2 amide bonds. The van der Waals surface area contributed by atoms with Gasteiger partial charge in [-0.25, -0.2) is 4.79 Å². The van der Waals surface area contributed by atoms with Crippen molar-refractivity contribution < 1.29 is 19.5 Å². The first-order valence-corrected chi connectivity index (χ1v) is 6.37. The van der Waals surface area contributed by atoms with Gasteiger partial charge < -0.3 is 15.7 Å². The summed E-state index contributed by atoms with van der Waals surface area (Å²) in [6.07, 6.45) is 1.86. The van der Waals surface area contributed by atoms with Crippen molar-refractivity contribution in [3.8, 4) is 0 Å². The molecule has 0 unspecified atom stereocenters. The van der Waals surface area contributed by atoms with E-state index in [0.29, 0.717) is 16.8 Å². The van der Waals surface area contributed by atoms with Crippen LogP contribution in [-0.4, -0.2) is 34.4 Å². The van der Waals surface area contributed by atoms with E-state index in [4.69, 9.17) is 5.11 Å². The van der Waals surface area contributed by atoms with Gasteiger partial charge in [-0.1, -0.05) is 12.1 Å². The lowest BCUT2D eigenvalue weighted by Gasteiger charge is -2.06. The van der Waals surface area contributed by atoms with E-state index in [0.717, 1.165) is 0 Å². The summed E-state index contributed by atoms with van der Waals surface area (Å²) in [7, 11) is 0. The third kappa shape index (κ3) is 4.14. The monoisotopic (exact) mass is 299 g/mol. The molecule has 112 valence electrons. The summed E-state index contributed by atoms with van der Waals surface area (Å²) in [6, 6.07) is 9.29. The lowest BCUT2D eigenvalue weighted by molar-refractivity contribution is 0.0984. The highest BCUT2D eigenvalue weighted by atomic mass is 16.4. The molecule has 7 nitrogen and oxygen atoms in total. The number of pyridine rings is 1. The van der Waals surface area contributed by atoms with Crippen molar-refractivity contribution >= 4 is 23.5 Å². The molecule has 0 fully saturated rings. The predicted molar refractivity (Wildman–Crippen MR) is 79.0 cm³/mol. The number of ketones is 1. The molecule has 3 N–H and O–H groups in total. The number of aromatic nitrogens is 1. The average Bonchev–Trinajstić information content (AvgIpc) is 2.53. The van der Waals surface area contributed by atoms with E-state index >= 15 is 0 Å². The zero-order valence-corrected chi connectivity index (χ0v) is 11.4. The van der Waals surface area contributed by atoms with E-state index in [-0.39, 0.29) is 18.2 Å². The van der Waals surface area contributed by atoms with Crippen LogP contribution in [0.2, 0.25) is 0 Å². The molecule has 0 atom stereocenters. The van der Waals surface area contributed by atoms with Crippen molar-refractivity contribution in [2.24, 2.45) is 0 Å². The maximum atomic E-state index is 12.0. The van der Waals surface area contributed by atoms with Crippen LogP contribution in [-0.2, 0) is 0 Å². The highest BCUT2D eigenvalue weighted by Crippen LogP contribution is 2.09. The van der Waals surface area contributed by atoms with Gasteiger partial charge in [-0.3, -0.25) is 14.6 Å². The van der Waals surface area contributed by atoms with E-state index in [1.807, 2.05) is 5.32 Å². The number of anilines is 1. The summed E-state index contributed by atoms with van der Waals surface area (Å²) in [6.45, 7) is -0.308. The highest BCUT2D eigenvalue weighted by Gasteiger charge is 2.10. The first kappa shape index (κ1) is 15.2. The predicted octanol–water partition coefficient (Wildman–Crippen LogP) is 1.78. The number of carboxylic acid groups (broad SMARTS) is 1. The third-order valence-corrected chi connectivity index (χ3v) is 2.81. The van der Waals surface area contributed by atoms with Gasteiger partial charge in [0.2, 0.25) is 0 Å². The van der Waals surface area contributed by atoms with E-state index < -0.39 is 6.09 Å². The molecule has 7 heteroatoms. The van der Waals surface area contributed by atoms with Crippen LogP contribution in [0.4, 0.5) is 10.5 Å². The first-order valence-electron chi connectivity index (χ1n) is 6.37. The van der Waals surface area contributed by atoms with E-state index in [1.165, 1.54) is 24.3 Å². The molecule has 2 aromatic rings. The van der Waals surface area contributed by atoms with Crippen LogP contribution in [0.3, 0.4) is 0 Å². The summed E-state index contributed by atoms with van der Waals surface area (Å²) in [5.41, 5.74) is 1.33. The molecule has 0 spiro atoms. The standard InChI is InChI=1S/C15H13N3O4/c19-13(9-17-15(21)22)10-1-3-11(4-2-10)14(20)18-12-5-7-16-8-6-12/h1-8,17H,9H2,(H,21,22)(H,16,18,20). The van der Waals surface area contributed by atoms with Crippen LogP contribution in [0.1, 0.15) is 20.7 Å². The van der Waals surface area contributed by atoms with Crippen molar-refractivity contribution in [2.45, 2.75) is 0 Å². The van der Waals surface area contributed by atoms with Crippen LogP contribution < -0.4 is 10.6 Å². The Hall–Kier alpha value is -3.22. The Morgan fingerprint density at radius 2 is 1.55 bits per heavy atom. The van der Waals surface area contributed by atoms with Gasteiger partial charge in [0.05, 0.1) is 6.54 Å². The number of benzene rings is 1. The molecular weight excluding hydrogens is 286 g/mol. The minimum absolute atomic E-state index is 0.308. The molecule has 0 aliphatic carbocycles. The Balaban J connectivity index is 2.00. The Kier molecular flexibility index (Phi) is 4.81. The molecule has 0 aliphatic heterocycles. The Morgan fingerprint density at radius 1 is 0.955 bits per heavy atom. The largest absolute Gasteiger partial charge is 0.465 e. The topological polar surface area (TPSA) is 108 Å². The maximum Gasteiger partial charge on any atom is 0.405 e. The van der Waals surface area contributed by atoms with Crippen molar-refractivity contribution in [2.75, 3.05) is 11.9 Å². The lowest BCUT2D eigenvalue weighted by atomic mass is 10.1. The van der Waals surface area contributed by atoms with Crippen LogP contribution in [0, 0.1) is 0 Å². The molecule has 0 aliphatic rings. The second-order valence-electron chi connectivity index (χ2n) is 4.35. The van der Waals surface area contributed by atoms with Gasteiger partial charge in [0.1, 0.15) is 0 Å². The Morgan fingerprint density at radius 3 is 2.14 bits per heavy atom. The number of Topliss-reactive ketones (excluding diaryl/α,β-unsaturated/α-hetero) is 1. The first-order chi connectivity index (χ1) is 10.6. The molecule has 1 aromatic carbocycles. The number of carbonyl (C=O) groups excluding carboxylic acids is 2. The van der Waals surface area contributed by atoms with Crippen LogP contribution in [0.25, 0.3) is 0 Å². The molecule has 22 heavy (non-hydrogen) atoms. The summed E-state index contributed by atoms with van der Waals surface area (Å²) >= 11 is 0. The molecule has 0 bridgehead atoms. The number of hydrogen-bond donors (Lipinski definition) is 3. The zero-order valence-electron chi connectivity index (χ0n) is 11.4. The van der Waals surface area contributed by atoms with Crippen molar-refractivity contribution in [1.82, 2.24) is 10.3 Å². The van der Waals surface area contributed by atoms with Crippen molar-refractivity contribution in [3.05, 3.63) is 59.9 Å². The second kappa shape index (κ2) is 6.98. The van der Waals surface area contributed by atoms with Crippen LogP contribution >= 0.6 is 0 Å². The normalized spacial score (nSPS) is 9.82. The van der Waals surface area contributed by atoms with Gasteiger partial charge in [-0.2, -0.15) is 0 Å². The van der Waals surface area contributed by atoms with Gasteiger partial charge in [0, 0.05) is 29.2 Å². The summed E-state index contributed by atoms with van der Waals surface area (Å²) in [4.78, 5) is 37.9. The fourth-order valence-electron chi connectivity index (χ4n) is 1.70. The number of carbonyl (C=O) groups is 3. The second-order valence-corrected chi connectivity index (χ2v) is 4.35. The minimum atomic E-state index is -1.26. The number of amides is 2. The van der Waals surface area contributed by atoms with E-state index in [2.05, 4.69) is 10.3 Å². The number of rotatable bonds is 5. The molecule has 1 heterocycles. The SMILES string of the molecule is O=C(O)NCC(=O)c1ccc(C(=O)Nc2ccncc2)cc1. The molecule has 0 saturated heterocycles. The maximum absolute atomic E-state index is 12.0.